The fourth-order valence-electron chi connectivity index (χ4n) is 1.60. The zero-order valence-corrected chi connectivity index (χ0v) is 11.4. The Balaban J connectivity index is 2.01. The van der Waals surface area contributed by atoms with Crippen LogP contribution < -0.4 is 5.32 Å². The first-order valence-corrected chi connectivity index (χ1v) is 6.75. The van der Waals surface area contributed by atoms with Crippen molar-refractivity contribution in [2.24, 2.45) is 0 Å². The predicted molar refractivity (Wildman–Crippen MR) is 71.6 cm³/mol. The van der Waals surface area contributed by atoms with Gasteiger partial charge in [0, 0.05) is 12.7 Å². The summed E-state index contributed by atoms with van der Waals surface area (Å²) in [4.78, 5) is 3.69. The Morgan fingerprint density at radius 1 is 1.25 bits per heavy atom. The highest BCUT2D eigenvalue weighted by molar-refractivity contribution is 7.08. The third kappa shape index (κ3) is 3.49. The van der Waals surface area contributed by atoms with E-state index in [0.29, 0.717) is 0 Å². The van der Waals surface area contributed by atoms with Gasteiger partial charge in [-0.15, -0.1) is 0 Å². The molecule has 0 aliphatic carbocycles. The first-order chi connectivity index (χ1) is 9.29. The van der Waals surface area contributed by atoms with Crippen LogP contribution in [-0.4, -0.2) is 16.6 Å². The van der Waals surface area contributed by atoms with Gasteiger partial charge in [-0.25, -0.2) is 4.98 Å². The van der Waals surface area contributed by atoms with E-state index in [1.807, 2.05) is 10.8 Å². The minimum absolute atomic E-state index is 0.155. The van der Waals surface area contributed by atoms with Crippen LogP contribution in [0.25, 0.3) is 0 Å². The van der Waals surface area contributed by atoms with Gasteiger partial charge in [-0.2, -0.15) is 24.5 Å². The first kappa shape index (κ1) is 14.8. The van der Waals surface area contributed by atoms with Gasteiger partial charge < -0.3 is 10.4 Å². The Bertz CT molecular complexity index is 550. The van der Waals surface area contributed by atoms with Crippen molar-refractivity contribution in [2.75, 3.05) is 11.9 Å². The summed E-state index contributed by atoms with van der Waals surface area (Å²) in [5.74, 6) is 0.286. The molecule has 0 radical (unpaired) electrons. The molecule has 0 bridgehead atoms. The van der Waals surface area contributed by atoms with Gasteiger partial charge >= 0.3 is 6.18 Å². The molecule has 0 amide bonds. The maximum Gasteiger partial charge on any atom is 0.417 e. The topological polar surface area (TPSA) is 45.1 Å². The third-order valence-electron chi connectivity index (χ3n) is 2.85. The molecular formula is C13H13F3N2OS. The van der Waals surface area contributed by atoms with Gasteiger partial charge in [-0.3, -0.25) is 0 Å². The minimum Gasteiger partial charge on any atom is -0.384 e. The largest absolute Gasteiger partial charge is 0.417 e. The molecule has 2 rings (SSSR count). The summed E-state index contributed by atoms with van der Waals surface area (Å²) < 4.78 is 37.1. The molecule has 7 heteroatoms. The zero-order chi connectivity index (χ0) is 14.8. The summed E-state index contributed by atoms with van der Waals surface area (Å²) in [7, 11) is 0. The number of hydrogen-bond donors (Lipinski definition) is 2. The quantitative estimate of drug-likeness (QED) is 0.909. The number of nitrogens with one attached hydrogen (secondary N) is 1. The number of anilines is 1. The Kier molecular flexibility index (Phi) is 4.01. The highest BCUT2D eigenvalue weighted by Gasteiger charge is 2.30. The zero-order valence-electron chi connectivity index (χ0n) is 10.6. The molecule has 0 aliphatic rings. The van der Waals surface area contributed by atoms with Crippen molar-refractivity contribution < 1.29 is 18.3 Å². The van der Waals surface area contributed by atoms with Crippen molar-refractivity contribution in [1.82, 2.24) is 4.98 Å². The normalized spacial score (nSPS) is 14.8. The molecule has 2 N–H and O–H groups in total. The van der Waals surface area contributed by atoms with Crippen LogP contribution in [0.3, 0.4) is 0 Å². The van der Waals surface area contributed by atoms with Crippen LogP contribution in [0.2, 0.25) is 0 Å². The lowest BCUT2D eigenvalue weighted by Gasteiger charge is -2.23. The van der Waals surface area contributed by atoms with Gasteiger partial charge in [-0.1, -0.05) is 0 Å². The second kappa shape index (κ2) is 5.41. The maximum absolute atomic E-state index is 12.4. The summed E-state index contributed by atoms with van der Waals surface area (Å²) in [5.41, 5.74) is -1.15. The molecule has 1 unspecified atom stereocenters. The van der Waals surface area contributed by atoms with Crippen LogP contribution >= 0.6 is 11.3 Å². The lowest BCUT2D eigenvalue weighted by atomic mass is 9.99. The van der Waals surface area contributed by atoms with E-state index < -0.39 is 17.3 Å². The Hall–Kier alpha value is -1.60. The first-order valence-electron chi connectivity index (χ1n) is 5.81. The molecule has 0 aromatic carbocycles. The number of aromatic nitrogens is 1. The standard InChI is InChI=1S/C13H13F3N2OS/c1-12(19,10-4-5-20-7-10)8-18-11-3-2-9(6-17-11)13(14,15)16/h2-7,19H,8H2,1H3,(H,17,18). The molecule has 0 aliphatic heterocycles. The van der Waals surface area contributed by atoms with Crippen molar-refractivity contribution in [2.45, 2.75) is 18.7 Å². The van der Waals surface area contributed by atoms with Crippen molar-refractivity contribution in [3.8, 4) is 0 Å². The predicted octanol–water partition coefficient (Wildman–Crippen LogP) is 3.48. The number of halogens is 3. The summed E-state index contributed by atoms with van der Waals surface area (Å²) in [5, 5.41) is 16.8. The minimum atomic E-state index is -4.40. The maximum atomic E-state index is 12.4. The van der Waals surface area contributed by atoms with Gasteiger partial charge in [0.15, 0.2) is 0 Å². The number of alkyl halides is 3. The average Bonchev–Trinajstić information content (AvgIpc) is 2.90. The van der Waals surface area contributed by atoms with Crippen molar-refractivity contribution in [3.05, 3.63) is 46.3 Å². The highest BCUT2D eigenvalue weighted by Crippen LogP contribution is 2.29. The van der Waals surface area contributed by atoms with E-state index in [1.54, 1.807) is 13.0 Å². The molecule has 2 aromatic rings. The number of rotatable bonds is 4. The molecule has 108 valence electrons. The van der Waals surface area contributed by atoms with Gasteiger partial charge in [0.05, 0.1) is 5.56 Å². The fraction of sp³-hybridized carbons (Fsp3) is 0.308. The molecular weight excluding hydrogens is 289 g/mol. The van der Waals surface area contributed by atoms with Crippen LogP contribution in [0.15, 0.2) is 35.2 Å². The number of nitrogens with zero attached hydrogens (tertiary/aromatic N) is 1. The summed E-state index contributed by atoms with van der Waals surface area (Å²) >= 11 is 1.46. The number of thiophene rings is 1. The van der Waals surface area contributed by atoms with Gasteiger partial charge in [0.1, 0.15) is 11.4 Å². The molecule has 0 saturated carbocycles. The van der Waals surface area contributed by atoms with E-state index in [4.69, 9.17) is 0 Å². The van der Waals surface area contributed by atoms with Crippen molar-refractivity contribution >= 4 is 17.2 Å². The van der Waals surface area contributed by atoms with Crippen LogP contribution in [-0.2, 0) is 11.8 Å². The van der Waals surface area contributed by atoms with Crippen LogP contribution in [0.1, 0.15) is 18.1 Å². The molecule has 20 heavy (non-hydrogen) atoms. The second-order valence-corrected chi connectivity index (χ2v) is 5.35. The number of aliphatic hydroxyl groups is 1. The summed E-state index contributed by atoms with van der Waals surface area (Å²) in [6, 6.07) is 3.99. The molecule has 0 spiro atoms. The molecule has 3 nitrogen and oxygen atoms in total. The monoisotopic (exact) mass is 302 g/mol. The SMILES string of the molecule is CC(O)(CNc1ccc(C(F)(F)F)cn1)c1ccsc1. The highest BCUT2D eigenvalue weighted by atomic mass is 32.1. The smallest absolute Gasteiger partial charge is 0.384 e. The lowest BCUT2D eigenvalue weighted by Crippen LogP contribution is -2.30. The van der Waals surface area contributed by atoms with E-state index in [0.717, 1.165) is 17.8 Å². The van der Waals surface area contributed by atoms with Crippen molar-refractivity contribution in [3.63, 3.8) is 0 Å². The van der Waals surface area contributed by atoms with E-state index in [-0.39, 0.29) is 12.4 Å². The van der Waals surface area contributed by atoms with Crippen molar-refractivity contribution in [1.29, 1.82) is 0 Å². The number of hydrogen-bond acceptors (Lipinski definition) is 4. The second-order valence-electron chi connectivity index (χ2n) is 4.57. The Morgan fingerprint density at radius 2 is 2.00 bits per heavy atom. The van der Waals surface area contributed by atoms with Crippen LogP contribution in [0.5, 0.6) is 0 Å². The molecule has 0 fully saturated rings. The van der Waals surface area contributed by atoms with E-state index in [2.05, 4.69) is 10.3 Å². The van der Waals surface area contributed by atoms with Gasteiger partial charge in [-0.05, 0) is 41.4 Å². The molecule has 2 heterocycles. The lowest BCUT2D eigenvalue weighted by molar-refractivity contribution is -0.137. The van der Waals surface area contributed by atoms with E-state index in [1.165, 1.54) is 17.4 Å². The van der Waals surface area contributed by atoms with Gasteiger partial charge in [0.25, 0.3) is 0 Å². The number of pyridine rings is 1. The van der Waals surface area contributed by atoms with E-state index in [9.17, 15) is 18.3 Å². The van der Waals surface area contributed by atoms with Crippen LogP contribution in [0.4, 0.5) is 19.0 Å². The fourth-order valence-corrected chi connectivity index (χ4v) is 2.38. The Labute approximate surface area is 118 Å². The summed E-state index contributed by atoms with van der Waals surface area (Å²) in [6.07, 6.45) is -3.63. The van der Waals surface area contributed by atoms with E-state index >= 15 is 0 Å². The summed E-state index contributed by atoms with van der Waals surface area (Å²) in [6.45, 7) is 1.79. The van der Waals surface area contributed by atoms with Gasteiger partial charge in [0.2, 0.25) is 0 Å². The molecule has 0 saturated heterocycles. The molecule has 2 aromatic heterocycles. The van der Waals surface area contributed by atoms with Crippen LogP contribution in [0, 0.1) is 0 Å². The third-order valence-corrected chi connectivity index (χ3v) is 3.53. The average molecular weight is 302 g/mol. The Morgan fingerprint density at radius 3 is 2.50 bits per heavy atom. The molecule has 1 atom stereocenters.